The van der Waals surface area contributed by atoms with Crippen LogP contribution < -0.4 is 0 Å². The molecule has 15 heavy (non-hydrogen) atoms. The smallest absolute Gasteiger partial charge is 0.302 e. The average Bonchev–Trinajstić information content (AvgIpc) is 2.05. The summed E-state index contributed by atoms with van der Waals surface area (Å²) < 4.78 is 3.65. The summed E-state index contributed by atoms with van der Waals surface area (Å²) in [5.41, 5.74) is 0. The van der Waals surface area contributed by atoms with Crippen molar-refractivity contribution in [2.75, 3.05) is 13.2 Å². The van der Waals surface area contributed by atoms with Crippen LogP contribution in [0.4, 0.5) is 0 Å². The highest BCUT2D eigenvalue weighted by molar-refractivity contribution is 6.63. The number of hydrogen-bond donors (Lipinski definition) is 1. The van der Waals surface area contributed by atoms with Crippen molar-refractivity contribution in [2.45, 2.75) is 37.9 Å². The molecule has 0 aromatic rings. The number of ether oxygens (including phenoxy) is 1. The van der Waals surface area contributed by atoms with Crippen LogP contribution in [0.5, 0.6) is 0 Å². The van der Waals surface area contributed by atoms with Gasteiger partial charge >= 0.3 is 5.97 Å². The summed E-state index contributed by atoms with van der Waals surface area (Å²) in [4.78, 5) is 9.82. The van der Waals surface area contributed by atoms with Crippen molar-refractivity contribution < 1.29 is 14.6 Å². The highest BCUT2D eigenvalue weighted by Crippen LogP contribution is 2.03. The first-order chi connectivity index (χ1) is 6.92. The van der Waals surface area contributed by atoms with Crippen LogP contribution in [0.2, 0.25) is 0 Å². The molecule has 0 spiro atoms. The van der Waals surface area contributed by atoms with Gasteiger partial charge in [0, 0.05) is 13.5 Å². The monoisotopic (exact) mass is 280 g/mol. The Balaban J connectivity index is -0.000000147. The molecule has 0 aliphatic rings. The fourth-order valence-electron chi connectivity index (χ4n) is 0.361. The Labute approximate surface area is 107 Å². The largest absolute Gasteiger partial charge is 0.466 e. The molecule has 0 amide bonds. The minimum Gasteiger partial charge on any atom is -0.466 e. The number of alkyl halides is 3. The van der Waals surface area contributed by atoms with Gasteiger partial charge in [0.2, 0.25) is 0 Å². The van der Waals surface area contributed by atoms with Gasteiger partial charge in [0.1, 0.15) is 0 Å². The van der Waals surface area contributed by atoms with E-state index in [1.807, 2.05) is 0 Å². The summed E-state index contributed by atoms with van der Waals surface area (Å²) in [6.07, 6.45) is 2.04. The van der Waals surface area contributed by atoms with Crippen LogP contribution in [0, 0.1) is 0 Å². The number of hydrogen-bond acceptors (Lipinski definition) is 3. The van der Waals surface area contributed by atoms with Gasteiger partial charge in [-0.3, -0.25) is 4.79 Å². The molecular weight excluding hydrogens is 262 g/mol. The second kappa shape index (κ2) is 19.8. The van der Waals surface area contributed by atoms with E-state index >= 15 is 0 Å². The minimum atomic E-state index is -0.750. The normalized spacial score (nSPS) is 8.27. The molecule has 0 atom stereocenters. The van der Waals surface area contributed by atoms with E-state index in [4.69, 9.17) is 39.9 Å². The molecule has 0 aromatic heterocycles. The van der Waals surface area contributed by atoms with E-state index in [1.165, 1.54) is 6.92 Å². The Kier molecular flexibility index (Phi) is 27.3. The molecule has 6 heteroatoms. The molecule has 0 saturated heterocycles. The maximum absolute atomic E-state index is 9.82. The van der Waals surface area contributed by atoms with E-state index in [0.717, 1.165) is 12.8 Å². The van der Waals surface area contributed by atoms with Crippen LogP contribution in [0.25, 0.3) is 0 Å². The lowest BCUT2D eigenvalue weighted by Crippen LogP contribution is -1.95. The van der Waals surface area contributed by atoms with Crippen molar-refractivity contribution >= 4 is 40.8 Å². The Morgan fingerprint density at radius 3 is 1.73 bits per heavy atom. The van der Waals surface area contributed by atoms with Gasteiger partial charge in [-0.25, -0.2) is 0 Å². The molecule has 0 aliphatic heterocycles. The summed E-state index contributed by atoms with van der Waals surface area (Å²) >= 11 is 14.4. The molecule has 1 N–H and O–H groups in total. The van der Waals surface area contributed by atoms with Crippen LogP contribution in [0.3, 0.4) is 0 Å². The van der Waals surface area contributed by atoms with E-state index < -0.39 is 4.30 Å². The van der Waals surface area contributed by atoms with Crippen molar-refractivity contribution in [3.8, 4) is 0 Å². The number of esters is 1. The van der Waals surface area contributed by atoms with Crippen LogP contribution in [0.1, 0.15) is 33.6 Å². The Morgan fingerprint density at radius 2 is 1.73 bits per heavy atom. The third-order valence-electron chi connectivity index (χ3n) is 0.859. The van der Waals surface area contributed by atoms with E-state index in [-0.39, 0.29) is 5.97 Å². The molecule has 0 rings (SSSR count). The summed E-state index contributed by atoms with van der Waals surface area (Å²) in [5.74, 6) is -0.211. The molecule has 0 saturated carbocycles. The molecule has 0 aliphatic carbocycles. The molecular formula is C9H19Cl3O3. The molecule has 3 nitrogen and oxygen atoms in total. The van der Waals surface area contributed by atoms with Gasteiger partial charge in [0.25, 0.3) is 0 Å². The first-order valence-electron chi connectivity index (χ1n) is 4.58. The van der Waals surface area contributed by atoms with Crippen molar-refractivity contribution in [3.63, 3.8) is 0 Å². The predicted molar refractivity (Wildman–Crippen MR) is 65.6 cm³/mol. The third-order valence-corrected chi connectivity index (χ3v) is 0.859. The average molecular weight is 282 g/mol. The van der Waals surface area contributed by atoms with Crippen molar-refractivity contribution in [3.05, 3.63) is 0 Å². The molecule has 0 unspecified atom stereocenters. The number of unbranched alkanes of at least 4 members (excludes halogenated alkanes) is 1. The zero-order chi connectivity index (χ0) is 12.7. The second-order valence-corrected chi connectivity index (χ2v) is 4.23. The fourth-order valence-corrected chi connectivity index (χ4v) is 0.361. The summed E-state index contributed by atoms with van der Waals surface area (Å²) in [7, 11) is 0. The molecule has 0 fully saturated rings. The lowest BCUT2D eigenvalue weighted by atomic mass is 10.4. The maximum atomic E-state index is 9.82. The summed E-state index contributed by atoms with van der Waals surface area (Å²) in [6, 6.07) is 0. The summed E-state index contributed by atoms with van der Waals surface area (Å²) in [6.45, 7) is 6.05. The minimum absolute atomic E-state index is 0.211. The van der Waals surface area contributed by atoms with Crippen LogP contribution >= 0.6 is 34.8 Å². The van der Waals surface area contributed by atoms with Gasteiger partial charge in [0.05, 0.1) is 6.61 Å². The number of aliphatic hydroxyl groups is 1. The number of carbonyl (C=O) groups excluding carboxylic acids is 1. The number of halogens is 3. The van der Waals surface area contributed by atoms with E-state index in [1.54, 1.807) is 6.92 Å². The molecule has 0 radical (unpaired) electrons. The third kappa shape index (κ3) is 77.0. The van der Waals surface area contributed by atoms with E-state index in [9.17, 15) is 4.79 Å². The standard InChI is InChI=1S/C4H8O2.C4H10O.CHCl3/c1-3-6-4(2)5;1-2-3-4-5;2-1(3)4/h3H2,1-2H3;5H,2-4H2,1H3;1H. The van der Waals surface area contributed by atoms with Crippen LogP contribution in [-0.2, 0) is 9.53 Å². The highest BCUT2D eigenvalue weighted by atomic mass is 35.6. The predicted octanol–water partition coefficient (Wildman–Crippen LogP) is 3.33. The van der Waals surface area contributed by atoms with Crippen molar-refractivity contribution in [2.24, 2.45) is 0 Å². The quantitative estimate of drug-likeness (QED) is 0.637. The van der Waals surface area contributed by atoms with E-state index in [2.05, 4.69) is 11.7 Å². The number of rotatable bonds is 3. The highest BCUT2D eigenvalue weighted by Gasteiger charge is 1.81. The topological polar surface area (TPSA) is 46.5 Å². The van der Waals surface area contributed by atoms with E-state index in [0.29, 0.717) is 13.2 Å². The Morgan fingerprint density at radius 1 is 1.33 bits per heavy atom. The molecule has 0 aromatic carbocycles. The van der Waals surface area contributed by atoms with Gasteiger partial charge in [0.15, 0.2) is 4.30 Å². The second-order valence-electron chi connectivity index (χ2n) is 2.25. The molecule has 0 bridgehead atoms. The molecule has 94 valence electrons. The fraction of sp³-hybridized carbons (Fsp3) is 0.889. The van der Waals surface area contributed by atoms with Crippen molar-refractivity contribution in [1.82, 2.24) is 0 Å². The Bertz CT molecular complexity index is 116. The van der Waals surface area contributed by atoms with Crippen molar-refractivity contribution in [1.29, 1.82) is 0 Å². The zero-order valence-corrected chi connectivity index (χ0v) is 11.6. The van der Waals surface area contributed by atoms with Gasteiger partial charge < -0.3 is 9.84 Å². The van der Waals surface area contributed by atoms with Crippen LogP contribution in [-0.4, -0.2) is 28.6 Å². The van der Waals surface area contributed by atoms with Gasteiger partial charge in [-0.2, -0.15) is 0 Å². The summed E-state index contributed by atoms with van der Waals surface area (Å²) in [5, 5.41) is 8.07. The van der Waals surface area contributed by atoms with Gasteiger partial charge in [-0.1, -0.05) is 48.1 Å². The number of aliphatic hydroxyl groups excluding tert-OH is 1. The Hall–Kier alpha value is 0.300. The number of carbonyl (C=O) groups is 1. The van der Waals surface area contributed by atoms with Crippen LogP contribution in [0.15, 0.2) is 0 Å². The maximum Gasteiger partial charge on any atom is 0.302 e. The first kappa shape index (κ1) is 20.7. The lowest BCUT2D eigenvalue weighted by Gasteiger charge is -1.89. The van der Waals surface area contributed by atoms with Gasteiger partial charge in [-0.05, 0) is 13.3 Å². The first-order valence-corrected chi connectivity index (χ1v) is 5.89. The molecule has 0 heterocycles. The van der Waals surface area contributed by atoms with Gasteiger partial charge in [-0.15, -0.1) is 0 Å². The lowest BCUT2D eigenvalue weighted by molar-refractivity contribution is -0.140. The SMILES string of the molecule is CCCCO.CCOC(C)=O.ClC(Cl)Cl. The zero-order valence-electron chi connectivity index (χ0n) is 9.30.